The second kappa shape index (κ2) is 4.09. The number of rotatable bonds is 3. The number of hydrogen-bond acceptors (Lipinski definition) is 1. The molecule has 1 unspecified atom stereocenters. The molecule has 2 heteroatoms. The average Bonchev–Trinajstić information content (AvgIpc) is 2.02. The van der Waals surface area contributed by atoms with Crippen LogP contribution in [0.2, 0.25) is 0 Å². The van der Waals surface area contributed by atoms with Crippen LogP contribution in [-0.4, -0.2) is 17.4 Å². The fraction of sp³-hybridized carbons (Fsp3) is 0.500. The standard InChI is InChI=1S/C12H17FO/c1-9-5-4-6-10(7-9)11(8-14)12(2,3)13/h4-7,11,14H,8H2,1-3H3. The van der Waals surface area contributed by atoms with Gasteiger partial charge in [-0.3, -0.25) is 0 Å². The highest BCUT2D eigenvalue weighted by Crippen LogP contribution is 2.31. The first kappa shape index (κ1) is 11.2. The molecule has 0 aliphatic rings. The molecule has 0 aromatic heterocycles. The fourth-order valence-electron chi connectivity index (χ4n) is 1.61. The van der Waals surface area contributed by atoms with Crippen LogP contribution >= 0.6 is 0 Å². The van der Waals surface area contributed by atoms with Gasteiger partial charge in [0, 0.05) is 5.92 Å². The van der Waals surface area contributed by atoms with Crippen molar-refractivity contribution in [3.63, 3.8) is 0 Å². The Balaban J connectivity index is 3.01. The summed E-state index contributed by atoms with van der Waals surface area (Å²) in [5.41, 5.74) is 0.563. The van der Waals surface area contributed by atoms with Crippen LogP contribution in [0.25, 0.3) is 0 Å². The van der Waals surface area contributed by atoms with Gasteiger partial charge in [-0.05, 0) is 26.3 Å². The molecule has 0 fully saturated rings. The van der Waals surface area contributed by atoms with Crippen LogP contribution < -0.4 is 0 Å². The van der Waals surface area contributed by atoms with Crippen molar-refractivity contribution in [3.05, 3.63) is 35.4 Å². The molecule has 1 N–H and O–H groups in total. The molecule has 1 rings (SSSR count). The third-order valence-corrected chi connectivity index (χ3v) is 2.46. The normalized spacial score (nSPS) is 14.1. The molecule has 1 nitrogen and oxygen atoms in total. The second-order valence-corrected chi connectivity index (χ2v) is 4.21. The zero-order valence-electron chi connectivity index (χ0n) is 8.92. The summed E-state index contributed by atoms with van der Waals surface area (Å²) in [4.78, 5) is 0. The van der Waals surface area contributed by atoms with E-state index in [1.165, 1.54) is 13.8 Å². The van der Waals surface area contributed by atoms with E-state index >= 15 is 0 Å². The maximum absolute atomic E-state index is 13.7. The van der Waals surface area contributed by atoms with E-state index in [1.807, 2.05) is 31.2 Å². The number of aliphatic hydroxyl groups excluding tert-OH is 1. The lowest BCUT2D eigenvalue weighted by atomic mass is 9.86. The number of halogens is 1. The maximum atomic E-state index is 13.7. The summed E-state index contributed by atoms with van der Waals surface area (Å²) < 4.78 is 13.7. The van der Waals surface area contributed by atoms with E-state index in [0.29, 0.717) is 0 Å². The largest absolute Gasteiger partial charge is 0.396 e. The van der Waals surface area contributed by atoms with Gasteiger partial charge in [0.25, 0.3) is 0 Å². The van der Waals surface area contributed by atoms with E-state index < -0.39 is 11.6 Å². The number of aliphatic hydroxyl groups is 1. The van der Waals surface area contributed by atoms with Crippen LogP contribution in [0.5, 0.6) is 0 Å². The molecule has 0 saturated heterocycles. The van der Waals surface area contributed by atoms with Crippen molar-refractivity contribution >= 4 is 0 Å². The quantitative estimate of drug-likeness (QED) is 0.788. The number of alkyl halides is 1. The lowest BCUT2D eigenvalue weighted by Crippen LogP contribution is -2.26. The first-order chi connectivity index (χ1) is 6.45. The van der Waals surface area contributed by atoms with Crippen LogP contribution in [-0.2, 0) is 0 Å². The summed E-state index contributed by atoms with van der Waals surface area (Å²) in [6, 6.07) is 7.62. The molecule has 0 radical (unpaired) electrons. The predicted molar refractivity (Wildman–Crippen MR) is 56.2 cm³/mol. The Hall–Kier alpha value is -0.890. The number of benzene rings is 1. The van der Waals surface area contributed by atoms with Crippen molar-refractivity contribution in [2.45, 2.75) is 32.4 Å². The minimum Gasteiger partial charge on any atom is -0.396 e. The zero-order valence-corrected chi connectivity index (χ0v) is 8.92. The van der Waals surface area contributed by atoms with Crippen molar-refractivity contribution < 1.29 is 9.50 Å². The smallest absolute Gasteiger partial charge is 0.114 e. The van der Waals surface area contributed by atoms with Crippen molar-refractivity contribution in [1.29, 1.82) is 0 Å². The summed E-state index contributed by atoms with van der Waals surface area (Å²) in [7, 11) is 0. The molecule has 0 aliphatic heterocycles. The summed E-state index contributed by atoms with van der Waals surface area (Å²) in [5, 5.41) is 9.17. The molecular weight excluding hydrogens is 179 g/mol. The zero-order chi connectivity index (χ0) is 10.8. The Morgan fingerprint density at radius 3 is 2.50 bits per heavy atom. The molecule has 0 bridgehead atoms. The van der Waals surface area contributed by atoms with Gasteiger partial charge in [0.2, 0.25) is 0 Å². The topological polar surface area (TPSA) is 20.2 Å². The van der Waals surface area contributed by atoms with Crippen LogP contribution in [0.15, 0.2) is 24.3 Å². The van der Waals surface area contributed by atoms with E-state index in [4.69, 9.17) is 5.11 Å². The Labute approximate surface area is 84.6 Å². The Bertz CT molecular complexity index is 301. The third kappa shape index (κ3) is 2.55. The molecule has 14 heavy (non-hydrogen) atoms. The molecule has 0 saturated carbocycles. The van der Waals surface area contributed by atoms with Gasteiger partial charge in [-0.25, -0.2) is 4.39 Å². The summed E-state index contributed by atoms with van der Waals surface area (Å²) >= 11 is 0. The van der Waals surface area contributed by atoms with Gasteiger partial charge in [-0.1, -0.05) is 29.8 Å². The molecule has 0 heterocycles. The molecular formula is C12H17FO. The van der Waals surface area contributed by atoms with Crippen LogP contribution in [0.3, 0.4) is 0 Å². The van der Waals surface area contributed by atoms with E-state index in [0.717, 1.165) is 11.1 Å². The van der Waals surface area contributed by atoms with Gasteiger partial charge in [0.05, 0.1) is 6.61 Å². The molecule has 78 valence electrons. The Morgan fingerprint density at radius 1 is 1.43 bits per heavy atom. The Morgan fingerprint density at radius 2 is 2.07 bits per heavy atom. The molecule has 1 atom stereocenters. The average molecular weight is 196 g/mol. The third-order valence-electron chi connectivity index (χ3n) is 2.46. The highest BCUT2D eigenvalue weighted by Gasteiger charge is 2.29. The molecule has 1 aromatic carbocycles. The second-order valence-electron chi connectivity index (χ2n) is 4.21. The SMILES string of the molecule is Cc1cccc(C(CO)C(C)(C)F)c1. The lowest BCUT2D eigenvalue weighted by Gasteiger charge is -2.25. The Kier molecular flexibility index (Phi) is 3.27. The van der Waals surface area contributed by atoms with E-state index in [2.05, 4.69) is 0 Å². The van der Waals surface area contributed by atoms with Gasteiger partial charge in [0.1, 0.15) is 5.67 Å². The highest BCUT2D eigenvalue weighted by atomic mass is 19.1. The van der Waals surface area contributed by atoms with Crippen LogP contribution in [0.4, 0.5) is 4.39 Å². The summed E-state index contributed by atoms with van der Waals surface area (Å²) in [5.74, 6) is -0.442. The van der Waals surface area contributed by atoms with Gasteiger partial charge in [-0.15, -0.1) is 0 Å². The predicted octanol–water partition coefficient (Wildman–Crippen LogP) is 2.82. The minimum atomic E-state index is -1.39. The monoisotopic (exact) mass is 196 g/mol. The first-order valence-electron chi connectivity index (χ1n) is 4.81. The molecule has 1 aromatic rings. The van der Waals surface area contributed by atoms with Gasteiger partial charge in [-0.2, -0.15) is 0 Å². The number of aryl methyl sites for hydroxylation is 1. The molecule has 0 spiro atoms. The fourth-order valence-corrected chi connectivity index (χ4v) is 1.61. The summed E-state index contributed by atoms with van der Waals surface area (Å²) in [6.45, 7) is 4.79. The van der Waals surface area contributed by atoms with Crippen molar-refractivity contribution in [2.24, 2.45) is 0 Å². The van der Waals surface area contributed by atoms with Crippen LogP contribution in [0, 0.1) is 6.92 Å². The van der Waals surface area contributed by atoms with Gasteiger partial charge >= 0.3 is 0 Å². The van der Waals surface area contributed by atoms with Gasteiger partial charge in [0.15, 0.2) is 0 Å². The van der Waals surface area contributed by atoms with Gasteiger partial charge < -0.3 is 5.11 Å². The van der Waals surface area contributed by atoms with E-state index in [1.54, 1.807) is 0 Å². The molecule has 0 aliphatic carbocycles. The lowest BCUT2D eigenvalue weighted by molar-refractivity contribution is 0.119. The van der Waals surface area contributed by atoms with Crippen molar-refractivity contribution in [1.82, 2.24) is 0 Å². The van der Waals surface area contributed by atoms with Crippen LogP contribution in [0.1, 0.15) is 30.9 Å². The number of hydrogen-bond donors (Lipinski definition) is 1. The summed E-state index contributed by atoms with van der Waals surface area (Å²) in [6.07, 6.45) is 0. The van der Waals surface area contributed by atoms with Crippen molar-refractivity contribution in [2.75, 3.05) is 6.61 Å². The highest BCUT2D eigenvalue weighted by molar-refractivity contribution is 5.27. The van der Waals surface area contributed by atoms with E-state index in [9.17, 15) is 4.39 Å². The maximum Gasteiger partial charge on any atom is 0.114 e. The molecule has 0 amide bonds. The van der Waals surface area contributed by atoms with E-state index in [-0.39, 0.29) is 6.61 Å². The van der Waals surface area contributed by atoms with Crippen molar-refractivity contribution in [3.8, 4) is 0 Å². The first-order valence-corrected chi connectivity index (χ1v) is 4.81. The minimum absolute atomic E-state index is 0.160.